The molecule has 8 nitrogen and oxygen atoms in total. The third-order valence-electron chi connectivity index (χ3n) is 5.65. The normalized spacial score (nSPS) is 14.6. The van der Waals surface area contributed by atoms with Gasteiger partial charge in [-0.05, 0) is 62.4 Å². The molecule has 1 aliphatic carbocycles. The number of carbonyl (C=O) groups is 1. The summed E-state index contributed by atoms with van der Waals surface area (Å²) in [5, 5.41) is 24.6. The minimum atomic E-state index is -0.682. The molecule has 33 heavy (non-hydrogen) atoms. The lowest BCUT2D eigenvalue weighted by Crippen LogP contribution is -2.46. The summed E-state index contributed by atoms with van der Waals surface area (Å²) in [6, 6.07) is 13.8. The topological polar surface area (TPSA) is 121 Å². The summed E-state index contributed by atoms with van der Waals surface area (Å²) < 4.78 is 11.1. The van der Waals surface area contributed by atoms with Crippen molar-refractivity contribution in [1.29, 1.82) is 5.26 Å². The van der Waals surface area contributed by atoms with Gasteiger partial charge in [0.05, 0.1) is 17.6 Å². The standard InChI is InChI=1S/C21H19N3O2.C4H7NO2/c1-13(2)25-19-10-9-15(11-16(19)12-22)21-23-20(24-26-21)18-8-4-6-14-5-3-7-17(14)18;6-4(7)3-1-5-2-3/h4,6,8-11,13H,3,5,7H2,1-2H3;3,5H,1-2H2,(H,6,7). The van der Waals surface area contributed by atoms with Crippen LogP contribution in [-0.4, -0.2) is 40.4 Å². The van der Waals surface area contributed by atoms with Gasteiger partial charge in [0.25, 0.3) is 5.89 Å². The number of hydrogen-bond acceptors (Lipinski definition) is 7. The zero-order valence-corrected chi connectivity index (χ0v) is 18.7. The number of benzene rings is 2. The highest BCUT2D eigenvalue weighted by molar-refractivity contribution is 5.71. The zero-order valence-electron chi connectivity index (χ0n) is 18.7. The van der Waals surface area contributed by atoms with Gasteiger partial charge >= 0.3 is 5.97 Å². The Labute approximate surface area is 192 Å². The Morgan fingerprint density at radius 2 is 2.09 bits per heavy atom. The van der Waals surface area contributed by atoms with Crippen LogP contribution in [-0.2, 0) is 17.6 Å². The number of aryl methyl sites for hydroxylation is 1. The van der Waals surface area contributed by atoms with Crippen molar-refractivity contribution in [2.24, 2.45) is 5.92 Å². The number of fused-ring (bicyclic) bond motifs is 1. The molecule has 0 saturated carbocycles. The van der Waals surface area contributed by atoms with E-state index in [0.717, 1.165) is 18.4 Å². The van der Waals surface area contributed by atoms with Crippen molar-refractivity contribution in [2.75, 3.05) is 13.1 Å². The quantitative estimate of drug-likeness (QED) is 0.606. The van der Waals surface area contributed by atoms with E-state index in [1.54, 1.807) is 12.1 Å². The minimum Gasteiger partial charge on any atom is -0.490 e. The van der Waals surface area contributed by atoms with Crippen molar-refractivity contribution in [2.45, 2.75) is 39.2 Å². The number of nitrogens with one attached hydrogen (secondary N) is 1. The van der Waals surface area contributed by atoms with Crippen molar-refractivity contribution in [3.05, 3.63) is 53.1 Å². The first-order valence-corrected chi connectivity index (χ1v) is 11.1. The first kappa shape index (κ1) is 22.5. The summed E-state index contributed by atoms with van der Waals surface area (Å²) in [6.07, 6.45) is 3.33. The summed E-state index contributed by atoms with van der Waals surface area (Å²) >= 11 is 0. The molecule has 2 N–H and O–H groups in total. The smallest absolute Gasteiger partial charge is 0.309 e. The van der Waals surface area contributed by atoms with E-state index in [2.05, 4.69) is 27.6 Å². The molecule has 8 heteroatoms. The van der Waals surface area contributed by atoms with Crippen molar-refractivity contribution in [1.82, 2.24) is 15.5 Å². The number of nitriles is 1. The van der Waals surface area contributed by atoms with E-state index in [-0.39, 0.29) is 12.0 Å². The molecule has 5 rings (SSSR count). The lowest BCUT2D eigenvalue weighted by molar-refractivity contribution is -0.143. The number of carboxylic acid groups (broad SMARTS) is 1. The summed E-state index contributed by atoms with van der Waals surface area (Å²) in [7, 11) is 0. The van der Waals surface area contributed by atoms with Crippen LogP contribution in [0.1, 0.15) is 37.0 Å². The molecule has 0 atom stereocenters. The van der Waals surface area contributed by atoms with Crippen LogP contribution in [0.5, 0.6) is 5.75 Å². The van der Waals surface area contributed by atoms with Gasteiger partial charge in [-0.1, -0.05) is 23.4 Å². The van der Waals surface area contributed by atoms with Crippen molar-refractivity contribution in [3.63, 3.8) is 0 Å². The Bertz CT molecular complexity index is 1190. The fraction of sp³-hybridized carbons (Fsp3) is 0.360. The molecule has 170 valence electrons. The Morgan fingerprint density at radius 1 is 1.27 bits per heavy atom. The summed E-state index contributed by atoms with van der Waals surface area (Å²) in [4.78, 5) is 14.5. The number of ether oxygens (including phenoxy) is 1. The molecule has 0 radical (unpaired) electrons. The second-order valence-corrected chi connectivity index (χ2v) is 8.40. The number of nitrogens with zero attached hydrogens (tertiary/aromatic N) is 3. The SMILES string of the molecule is CC(C)Oc1ccc(-c2nc(-c3cccc4c3CCC4)no2)cc1C#N.O=C(O)C1CNC1. The van der Waals surface area contributed by atoms with E-state index in [1.165, 1.54) is 17.5 Å². The largest absolute Gasteiger partial charge is 0.490 e. The molecule has 1 aromatic heterocycles. The molecular weight excluding hydrogens is 420 g/mol. The Morgan fingerprint density at radius 3 is 2.73 bits per heavy atom. The van der Waals surface area contributed by atoms with Crippen LogP contribution in [0.2, 0.25) is 0 Å². The van der Waals surface area contributed by atoms with E-state index in [4.69, 9.17) is 14.4 Å². The van der Waals surface area contributed by atoms with E-state index < -0.39 is 5.97 Å². The maximum atomic E-state index is 9.94. The maximum Gasteiger partial charge on any atom is 0.309 e. The van der Waals surface area contributed by atoms with Gasteiger partial charge in [0, 0.05) is 24.2 Å². The number of rotatable bonds is 5. The van der Waals surface area contributed by atoms with Crippen LogP contribution in [0.4, 0.5) is 0 Å². The molecular formula is C25H26N4O4. The average Bonchev–Trinajstić information content (AvgIpc) is 3.42. The fourth-order valence-electron chi connectivity index (χ4n) is 3.85. The van der Waals surface area contributed by atoms with Crippen LogP contribution >= 0.6 is 0 Å². The first-order valence-electron chi connectivity index (χ1n) is 11.1. The van der Waals surface area contributed by atoms with Crippen LogP contribution < -0.4 is 10.1 Å². The number of aromatic nitrogens is 2. The highest BCUT2D eigenvalue weighted by atomic mass is 16.5. The Kier molecular flexibility index (Phi) is 6.71. The van der Waals surface area contributed by atoms with Crippen LogP contribution in [0.15, 0.2) is 40.9 Å². The second-order valence-electron chi connectivity index (χ2n) is 8.40. The van der Waals surface area contributed by atoms with Gasteiger partial charge in [0.15, 0.2) is 0 Å². The van der Waals surface area contributed by atoms with Gasteiger partial charge < -0.3 is 19.7 Å². The lowest BCUT2D eigenvalue weighted by Gasteiger charge is -2.21. The highest BCUT2D eigenvalue weighted by Gasteiger charge is 2.23. The summed E-state index contributed by atoms with van der Waals surface area (Å²) in [5.74, 6) is 0.772. The molecule has 1 aliphatic heterocycles. The number of hydrogen-bond donors (Lipinski definition) is 2. The molecule has 0 spiro atoms. The van der Waals surface area contributed by atoms with Gasteiger partial charge in [0.1, 0.15) is 11.8 Å². The van der Waals surface area contributed by atoms with Gasteiger partial charge in [0.2, 0.25) is 5.82 Å². The van der Waals surface area contributed by atoms with Crippen molar-refractivity contribution in [3.8, 4) is 34.7 Å². The molecule has 1 fully saturated rings. The van der Waals surface area contributed by atoms with Gasteiger partial charge in [-0.3, -0.25) is 4.79 Å². The number of carboxylic acids is 1. The Balaban J connectivity index is 0.000000318. The minimum absolute atomic E-state index is 0.00290. The molecule has 3 aromatic rings. The predicted molar refractivity (Wildman–Crippen MR) is 122 cm³/mol. The highest BCUT2D eigenvalue weighted by Crippen LogP contribution is 2.32. The summed E-state index contributed by atoms with van der Waals surface area (Å²) in [6.45, 7) is 5.15. The average molecular weight is 447 g/mol. The maximum absolute atomic E-state index is 9.94. The van der Waals surface area contributed by atoms with Crippen LogP contribution in [0.3, 0.4) is 0 Å². The molecule has 0 bridgehead atoms. The monoisotopic (exact) mass is 446 g/mol. The number of aliphatic carboxylic acids is 1. The first-order chi connectivity index (χ1) is 16.0. The molecule has 2 aliphatic rings. The van der Waals surface area contributed by atoms with E-state index >= 15 is 0 Å². The van der Waals surface area contributed by atoms with Gasteiger partial charge in [-0.2, -0.15) is 10.2 Å². The third-order valence-corrected chi connectivity index (χ3v) is 5.65. The predicted octanol–water partition coefficient (Wildman–Crippen LogP) is 3.84. The van der Waals surface area contributed by atoms with Crippen molar-refractivity contribution >= 4 is 5.97 Å². The molecule has 0 unspecified atom stereocenters. The molecule has 2 heterocycles. The van der Waals surface area contributed by atoms with E-state index in [1.807, 2.05) is 32.0 Å². The zero-order chi connectivity index (χ0) is 23.4. The molecule has 1 saturated heterocycles. The third kappa shape index (κ3) is 5.04. The summed E-state index contributed by atoms with van der Waals surface area (Å²) in [5.41, 5.74) is 4.89. The lowest BCUT2D eigenvalue weighted by atomic mass is 10.0. The van der Waals surface area contributed by atoms with Crippen LogP contribution in [0, 0.1) is 17.2 Å². The van der Waals surface area contributed by atoms with Gasteiger partial charge in [-0.25, -0.2) is 0 Å². The second kappa shape index (κ2) is 9.84. The van der Waals surface area contributed by atoms with E-state index in [9.17, 15) is 10.1 Å². The van der Waals surface area contributed by atoms with E-state index in [0.29, 0.717) is 41.7 Å². The molecule has 0 amide bonds. The molecule has 2 aromatic carbocycles. The van der Waals surface area contributed by atoms with Gasteiger partial charge in [-0.15, -0.1) is 0 Å². The Hall–Kier alpha value is -3.70. The van der Waals surface area contributed by atoms with Crippen LogP contribution in [0.25, 0.3) is 22.8 Å². The van der Waals surface area contributed by atoms with Crippen molar-refractivity contribution < 1.29 is 19.2 Å². The fourth-order valence-corrected chi connectivity index (χ4v) is 3.85.